The predicted molar refractivity (Wildman–Crippen MR) is 102 cm³/mol. The van der Waals surface area contributed by atoms with E-state index in [1.54, 1.807) is 29.7 Å². The molecule has 0 spiro atoms. The van der Waals surface area contributed by atoms with E-state index in [-0.39, 0.29) is 12.2 Å². The standard InChI is InChI=1S/C20H18ClNO4/c1-4-26-20(24)13-11-22(15-9-5-7-12(2)18(15)21)14-8-6-10-16(25-3)17(14)19(13)23/h5-11H,4H2,1-3H3. The van der Waals surface area contributed by atoms with Crippen molar-refractivity contribution in [2.75, 3.05) is 13.7 Å². The Morgan fingerprint density at radius 1 is 1.19 bits per heavy atom. The molecule has 0 saturated carbocycles. The number of pyridine rings is 1. The highest BCUT2D eigenvalue weighted by atomic mass is 35.5. The lowest BCUT2D eigenvalue weighted by Gasteiger charge is -2.16. The van der Waals surface area contributed by atoms with Crippen molar-refractivity contribution in [1.82, 2.24) is 4.57 Å². The van der Waals surface area contributed by atoms with Crippen molar-refractivity contribution < 1.29 is 14.3 Å². The third-order valence-electron chi connectivity index (χ3n) is 4.14. The molecule has 3 aromatic rings. The number of nitrogens with zero attached hydrogens (tertiary/aromatic N) is 1. The normalized spacial score (nSPS) is 10.8. The van der Waals surface area contributed by atoms with Gasteiger partial charge in [-0.05, 0) is 37.6 Å². The van der Waals surface area contributed by atoms with Crippen molar-refractivity contribution in [3.63, 3.8) is 0 Å². The summed E-state index contributed by atoms with van der Waals surface area (Å²) in [6, 6.07) is 10.8. The fraction of sp³-hybridized carbons (Fsp3) is 0.200. The van der Waals surface area contributed by atoms with Crippen LogP contribution >= 0.6 is 11.6 Å². The molecule has 0 fully saturated rings. The highest BCUT2D eigenvalue weighted by molar-refractivity contribution is 6.33. The number of aromatic nitrogens is 1. The second kappa shape index (κ2) is 7.22. The van der Waals surface area contributed by atoms with Gasteiger partial charge in [0.05, 0.1) is 35.3 Å². The molecule has 0 saturated heterocycles. The van der Waals surface area contributed by atoms with Crippen LogP contribution in [0.2, 0.25) is 5.02 Å². The lowest BCUT2D eigenvalue weighted by atomic mass is 10.1. The zero-order valence-electron chi connectivity index (χ0n) is 14.7. The molecule has 6 heteroatoms. The van der Waals surface area contributed by atoms with E-state index in [1.165, 1.54) is 13.3 Å². The second-order valence-electron chi connectivity index (χ2n) is 5.72. The van der Waals surface area contributed by atoms with Crippen molar-refractivity contribution in [3.05, 3.63) is 69.0 Å². The van der Waals surface area contributed by atoms with Crippen LogP contribution in [0, 0.1) is 6.92 Å². The molecule has 0 bridgehead atoms. The van der Waals surface area contributed by atoms with E-state index in [1.807, 2.05) is 25.1 Å². The number of carbonyl (C=O) groups is 1. The summed E-state index contributed by atoms with van der Waals surface area (Å²) in [5.74, 6) is -0.293. The van der Waals surface area contributed by atoms with Gasteiger partial charge in [-0.15, -0.1) is 0 Å². The highest BCUT2D eigenvalue weighted by Crippen LogP contribution is 2.30. The van der Waals surface area contributed by atoms with Crippen LogP contribution in [0.15, 0.2) is 47.4 Å². The first-order chi connectivity index (χ1) is 12.5. The number of hydrogen-bond acceptors (Lipinski definition) is 4. The molecule has 3 rings (SSSR count). The summed E-state index contributed by atoms with van der Waals surface area (Å²) in [6.45, 7) is 3.76. The molecule has 5 nitrogen and oxygen atoms in total. The van der Waals surface area contributed by atoms with Crippen molar-refractivity contribution in [1.29, 1.82) is 0 Å². The van der Waals surface area contributed by atoms with Crippen molar-refractivity contribution in [3.8, 4) is 11.4 Å². The van der Waals surface area contributed by atoms with Crippen LogP contribution in [-0.2, 0) is 4.74 Å². The first-order valence-corrected chi connectivity index (χ1v) is 8.52. The number of aryl methyl sites for hydroxylation is 1. The van der Waals surface area contributed by atoms with E-state index in [4.69, 9.17) is 21.1 Å². The number of halogens is 1. The van der Waals surface area contributed by atoms with E-state index >= 15 is 0 Å². The first-order valence-electron chi connectivity index (χ1n) is 8.14. The summed E-state index contributed by atoms with van der Waals surface area (Å²) >= 11 is 6.49. The fourth-order valence-corrected chi connectivity index (χ4v) is 3.10. The summed E-state index contributed by atoms with van der Waals surface area (Å²) in [7, 11) is 1.48. The van der Waals surface area contributed by atoms with Crippen LogP contribution in [-0.4, -0.2) is 24.3 Å². The Kier molecular flexibility index (Phi) is 5.00. The number of rotatable bonds is 4. The number of carbonyl (C=O) groups excluding carboxylic acids is 1. The number of methoxy groups -OCH3 is 1. The monoisotopic (exact) mass is 371 g/mol. The lowest BCUT2D eigenvalue weighted by molar-refractivity contribution is 0.0524. The van der Waals surface area contributed by atoms with Gasteiger partial charge >= 0.3 is 5.97 Å². The molecule has 0 atom stereocenters. The van der Waals surface area contributed by atoms with Crippen LogP contribution in [0.25, 0.3) is 16.6 Å². The maximum atomic E-state index is 12.9. The molecule has 0 N–H and O–H groups in total. The van der Waals surface area contributed by atoms with Gasteiger partial charge in [-0.1, -0.05) is 29.8 Å². The lowest BCUT2D eigenvalue weighted by Crippen LogP contribution is -2.21. The average Bonchev–Trinajstić information content (AvgIpc) is 2.64. The molecule has 134 valence electrons. The molecule has 0 unspecified atom stereocenters. The Labute approximate surface area is 155 Å². The third kappa shape index (κ3) is 2.95. The van der Waals surface area contributed by atoms with Crippen LogP contribution in [0.3, 0.4) is 0 Å². The van der Waals surface area contributed by atoms with E-state index < -0.39 is 11.4 Å². The Hall–Kier alpha value is -2.79. The van der Waals surface area contributed by atoms with Gasteiger partial charge < -0.3 is 14.0 Å². The fourth-order valence-electron chi connectivity index (χ4n) is 2.88. The first kappa shape index (κ1) is 18.0. The summed E-state index contributed by atoms with van der Waals surface area (Å²) in [6.07, 6.45) is 1.47. The summed E-state index contributed by atoms with van der Waals surface area (Å²) < 4.78 is 12.1. The minimum atomic E-state index is -0.678. The Morgan fingerprint density at radius 3 is 2.62 bits per heavy atom. The summed E-state index contributed by atoms with van der Waals surface area (Å²) in [5.41, 5.74) is 1.64. The number of hydrogen-bond donors (Lipinski definition) is 0. The molecule has 0 aliphatic carbocycles. The van der Waals surface area contributed by atoms with Crippen LogP contribution in [0.1, 0.15) is 22.8 Å². The van der Waals surface area contributed by atoms with Gasteiger partial charge in [0.25, 0.3) is 0 Å². The molecule has 0 amide bonds. The van der Waals surface area contributed by atoms with Gasteiger partial charge in [0.1, 0.15) is 11.3 Å². The SMILES string of the molecule is CCOC(=O)c1cn(-c2cccc(C)c2Cl)c2cccc(OC)c2c1=O. The number of esters is 1. The van der Waals surface area contributed by atoms with Crippen LogP contribution in [0.5, 0.6) is 5.75 Å². The highest BCUT2D eigenvalue weighted by Gasteiger charge is 2.20. The Balaban J connectivity index is 2.46. The zero-order chi connectivity index (χ0) is 18.8. The molecule has 1 aromatic heterocycles. The molecule has 1 heterocycles. The molecule has 2 aromatic carbocycles. The minimum Gasteiger partial charge on any atom is -0.496 e. The average molecular weight is 372 g/mol. The molecule has 0 radical (unpaired) electrons. The number of fused-ring (bicyclic) bond motifs is 1. The minimum absolute atomic E-state index is 0.0681. The van der Waals surface area contributed by atoms with Gasteiger partial charge in [0, 0.05) is 6.20 Å². The van der Waals surface area contributed by atoms with E-state index in [0.29, 0.717) is 27.4 Å². The molecule has 26 heavy (non-hydrogen) atoms. The molecule has 0 aliphatic heterocycles. The predicted octanol–water partition coefficient (Wildman–Crippen LogP) is 4.14. The Morgan fingerprint density at radius 2 is 1.92 bits per heavy atom. The maximum absolute atomic E-state index is 12.9. The van der Waals surface area contributed by atoms with Gasteiger partial charge in [-0.2, -0.15) is 0 Å². The number of benzene rings is 2. The maximum Gasteiger partial charge on any atom is 0.343 e. The van der Waals surface area contributed by atoms with E-state index in [9.17, 15) is 9.59 Å². The number of ether oxygens (including phenoxy) is 2. The third-order valence-corrected chi connectivity index (χ3v) is 4.63. The zero-order valence-corrected chi connectivity index (χ0v) is 15.5. The quantitative estimate of drug-likeness (QED) is 0.647. The van der Waals surface area contributed by atoms with Crippen LogP contribution < -0.4 is 10.2 Å². The van der Waals surface area contributed by atoms with Gasteiger partial charge in [-0.25, -0.2) is 4.79 Å². The molecular formula is C20H18ClNO4. The summed E-state index contributed by atoms with van der Waals surface area (Å²) in [4.78, 5) is 25.3. The largest absolute Gasteiger partial charge is 0.496 e. The van der Waals surface area contributed by atoms with E-state index in [0.717, 1.165) is 5.56 Å². The summed E-state index contributed by atoms with van der Waals surface area (Å²) in [5, 5.41) is 0.841. The molecular weight excluding hydrogens is 354 g/mol. The van der Waals surface area contributed by atoms with E-state index in [2.05, 4.69) is 0 Å². The van der Waals surface area contributed by atoms with Crippen molar-refractivity contribution in [2.24, 2.45) is 0 Å². The molecule has 0 aliphatic rings. The smallest absolute Gasteiger partial charge is 0.343 e. The van der Waals surface area contributed by atoms with Gasteiger partial charge in [0.15, 0.2) is 0 Å². The van der Waals surface area contributed by atoms with Crippen molar-refractivity contribution >= 4 is 28.5 Å². The van der Waals surface area contributed by atoms with Gasteiger partial charge in [0.2, 0.25) is 5.43 Å². The van der Waals surface area contributed by atoms with Crippen LogP contribution in [0.4, 0.5) is 0 Å². The second-order valence-corrected chi connectivity index (χ2v) is 6.10. The van der Waals surface area contributed by atoms with Crippen molar-refractivity contribution in [2.45, 2.75) is 13.8 Å². The van der Waals surface area contributed by atoms with Gasteiger partial charge in [-0.3, -0.25) is 4.79 Å². The topological polar surface area (TPSA) is 57.5 Å². The Bertz CT molecular complexity index is 1060.